The lowest BCUT2D eigenvalue weighted by Crippen LogP contribution is -2.22. The quantitative estimate of drug-likeness (QED) is 0.381. The van der Waals surface area contributed by atoms with E-state index in [2.05, 4.69) is 20.5 Å². The Balaban J connectivity index is 1.47. The third-order valence-corrected chi connectivity index (χ3v) is 6.55. The number of anilines is 1. The first-order valence-corrected chi connectivity index (χ1v) is 11.5. The molecule has 0 aliphatic rings. The number of para-hydroxylation sites is 1. The summed E-state index contributed by atoms with van der Waals surface area (Å²) < 4.78 is 28.6. The van der Waals surface area contributed by atoms with Gasteiger partial charge in [-0.05, 0) is 50.6 Å². The number of nitrogens with zero attached hydrogens (tertiary/aromatic N) is 4. The summed E-state index contributed by atoms with van der Waals surface area (Å²) in [6, 6.07) is 11.5. The first kappa shape index (κ1) is 22.1. The lowest BCUT2D eigenvalue weighted by Gasteiger charge is -2.13. The van der Waals surface area contributed by atoms with E-state index in [9.17, 15) is 13.6 Å². The lowest BCUT2D eigenvalue weighted by atomic mass is 10.2. The van der Waals surface area contributed by atoms with Crippen molar-refractivity contribution >= 4 is 34.1 Å². The second-order valence-corrected chi connectivity index (χ2v) is 9.23. The van der Waals surface area contributed by atoms with Gasteiger partial charge in [-0.15, -0.1) is 21.5 Å². The zero-order valence-corrected chi connectivity index (χ0v) is 19.1. The fourth-order valence-corrected chi connectivity index (χ4v) is 4.68. The Bertz CT molecular complexity index is 1290. The molecule has 1 N–H and O–H groups in total. The molecule has 1 amide bonds. The van der Waals surface area contributed by atoms with Crippen LogP contribution in [-0.4, -0.2) is 30.9 Å². The molecule has 0 aliphatic carbocycles. The number of hydrogen-bond donors (Lipinski definition) is 1. The number of thioether (sulfide) groups is 1. The summed E-state index contributed by atoms with van der Waals surface area (Å²) in [6.07, 6.45) is 0. The van der Waals surface area contributed by atoms with Crippen molar-refractivity contribution in [1.29, 1.82) is 0 Å². The number of carbonyl (C=O) groups is 1. The summed E-state index contributed by atoms with van der Waals surface area (Å²) in [7, 11) is 0. The van der Waals surface area contributed by atoms with Crippen LogP contribution in [0.25, 0.3) is 16.9 Å². The average Bonchev–Trinajstić information content (AvgIpc) is 3.37. The molecule has 4 aromatic rings. The van der Waals surface area contributed by atoms with Crippen molar-refractivity contribution in [3.05, 3.63) is 70.9 Å². The molecular formula is C22H19F2N5OS2. The predicted octanol–water partition coefficient (Wildman–Crippen LogP) is 5.41. The number of benzene rings is 2. The number of aryl methyl sites for hydroxylation is 2. The Labute approximate surface area is 191 Å². The number of nitrogens with one attached hydrogen (secondary N) is 1. The minimum absolute atomic E-state index is 0.252. The molecule has 1 unspecified atom stereocenters. The molecule has 10 heteroatoms. The van der Waals surface area contributed by atoms with Crippen molar-refractivity contribution < 1.29 is 13.6 Å². The maximum absolute atomic E-state index is 13.5. The zero-order chi connectivity index (χ0) is 22.8. The Morgan fingerprint density at radius 2 is 1.91 bits per heavy atom. The van der Waals surface area contributed by atoms with Crippen LogP contribution in [0.3, 0.4) is 0 Å². The second kappa shape index (κ2) is 9.17. The van der Waals surface area contributed by atoms with Gasteiger partial charge in [0.2, 0.25) is 5.91 Å². The molecule has 0 spiro atoms. The highest BCUT2D eigenvalue weighted by Gasteiger charge is 2.21. The fourth-order valence-electron chi connectivity index (χ4n) is 3.05. The van der Waals surface area contributed by atoms with Gasteiger partial charge in [0.15, 0.2) is 21.9 Å². The summed E-state index contributed by atoms with van der Waals surface area (Å²) in [5, 5.41) is 13.4. The van der Waals surface area contributed by atoms with Gasteiger partial charge in [-0.25, -0.2) is 13.8 Å². The van der Waals surface area contributed by atoms with E-state index in [0.29, 0.717) is 21.5 Å². The summed E-state index contributed by atoms with van der Waals surface area (Å²) in [4.78, 5) is 17.1. The molecule has 2 aromatic heterocycles. The third-order valence-electron chi connectivity index (χ3n) is 4.75. The van der Waals surface area contributed by atoms with E-state index in [4.69, 9.17) is 0 Å². The molecule has 2 heterocycles. The van der Waals surface area contributed by atoms with Gasteiger partial charge in [-0.3, -0.25) is 9.36 Å². The van der Waals surface area contributed by atoms with Gasteiger partial charge < -0.3 is 5.32 Å². The highest BCUT2D eigenvalue weighted by molar-refractivity contribution is 8.00. The fraction of sp³-hybridized carbons (Fsp3) is 0.182. The molecule has 164 valence electrons. The van der Waals surface area contributed by atoms with Crippen molar-refractivity contribution in [3.8, 4) is 16.9 Å². The largest absolute Gasteiger partial charge is 0.301 e. The van der Waals surface area contributed by atoms with Gasteiger partial charge >= 0.3 is 0 Å². The van der Waals surface area contributed by atoms with E-state index in [1.807, 2.05) is 42.7 Å². The Morgan fingerprint density at radius 3 is 2.66 bits per heavy atom. The molecule has 0 radical (unpaired) electrons. The topological polar surface area (TPSA) is 72.7 Å². The molecule has 6 nitrogen and oxygen atoms in total. The molecular weight excluding hydrogens is 452 g/mol. The van der Waals surface area contributed by atoms with Gasteiger partial charge in [-0.1, -0.05) is 30.0 Å². The maximum atomic E-state index is 13.5. The highest BCUT2D eigenvalue weighted by atomic mass is 32.2. The smallest absolute Gasteiger partial charge is 0.239 e. The molecule has 0 fully saturated rings. The SMILES string of the molecule is Cc1ccccc1-n1c(C)nnc1SC(C)C(=O)Nc1nc(-c2ccc(F)c(F)c2)cs1. The second-order valence-electron chi connectivity index (χ2n) is 7.07. The van der Waals surface area contributed by atoms with E-state index >= 15 is 0 Å². The van der Waals surface area contributed by atoms with Gasteiger partial charge in [0.1, 0.15) is 5.82 Å². The van der Waals surface area contributed by atoms with Gasteiger partial charge in [0, 0.05) is 10.9 Å². The standard InChI is InChI=1S/C22H19F2N5OS2/c1-12-6-4-5-7-19(12)29-14(3)27-28-22(29)32-13(2)20(30)26-21-25-18(11-31-21)15-8-9-16(23)17(24)10-15/h4-11,13H,1-3H3,(H,25,26,30). The summed E-state index contributed by atoms with van der Waals surface area (Å²) in [5.74, 6) is -1.39. The van der Waals surface area contributed by atoms with Crippen LogP contribution in [0.4, 0.5) is 13.9 Å². The molecule has 0 saturated carbocycles. The van der Waals surface area contributed by atoms with Crippen molar-refractivity contribution in [2.45, 2.75) is 31.2 Å². The molecule has 0 saturated heterocycles. The van der Waals surface area contributed by atoms with Crippen molar-refractivity contribution in [1.82, 2.24) is 19.7 Å². The maximum Gasteiger partial charge on any atom is 0.239 e. The first-order valence-electron chi connectivity index (χ1n) is 9.70. The predicted molar refractivity (Wildman–Crippen MR) is 122 cm³/mol. The van der Waals surface area contributed by atoms with Gasteiger partial charge in [0.05, 0.1) is 16.6 Å². The number of halogens is 2. The minimum Gasteiger partial charge on any atom is -0.301 e. The van der Waals surface area contributed by atoms with Gasteiger partial charge in [0.25, 0.3) is 0 Å². The number of amides is 1. The number of hydrogen-bond acceptors (Lipinski definition) is 6. The minimum atomic E-state index is -0.945. The molecule has 0 aliphatic heterocycles. The molecule has 2 aromatic carbocycles. The zero-order valence-electron chi connectivity index (χ0n) is 17.5. The van der Waals surface area contributed by atoms with E-state index < -0.39 is 16.9 Å². The van der Waals surface area contributed by atoms with Crippen molar-refractivity contribution in [2.24, 2.45) is 0 Å². The normalized spacial score (nSPS) is 12.0. The van der Waals surface area contributed by atoms with E-state index in [1.165, 1.54) is 29.2 Å². The van der Waals surface area contributed by atoms with E-state index in [1.54, 1.807) is 12.3 Å². The lowest BCUT2D eigenvalue weighted by molar-refractivity contribution is -0.115. The Morgan fingerprint density at radius 1 is 1.12 bits per heavy atom. The molecule has 0 bridgehead atoms. The van der Waals surface area contributed by atoms with Crippen molar-refractivity contribution in [2.75, 3.05) is 5.32 Å². The van der Waals surface area contributed by atoms with Crippen LogP contribution in [0.1, 0.15) is 18.3 Å². The average molecular weight is 472 g/mol. The van der Waals surface area contributed by atoms with Crippen LogP contribution in [0.2, 0.25) is 0 Å². The van der Waals surface area contributed by atoms with Crippen LogP contribution in [0.15, 0.2) is 53.0 Å². The highest BCUT2D eigenvalue weighted by Crippen LogP contribution is 2.29. The number of carbonyl (C=O) groups excluding carboxylic acids is 1. The van der Waals surface area contributed by atoms with E-state index in [-0.39, 0.29) is 5.91 Å². The summed E-state index contributed by atoms with van der Waals surface area (Å²) >= 11 is 2.50. The first-order chi connectivity index (χ1) is 15.3. The number of rotatable bonds is 6. The van der Waals surface area contributed by atoms with Crippen LogP contribution in [0, 0.1) is 25.5 Å². The molecule has 4 rings (SSSR count). The van der Waals surface area contributed by atoms with Crippen LogP contribution >= 0.6 is 23.1 Å². The van der Waals surface area contributed by atoms with Gasteiger partial charge in [-0.2, -0.15) is 0 Å². The van der Waals surface area contributed by atoms with Crippen LogP contribution < -0.4 is 5.32 Å². The van der Waals surface area contributed by atoms with Crippen molar-refractivity contribution in [3.63, 3.8) is 0 Å². The van der Waals surface area contributed by atoms with E-state index in [0.717, 1.165) is 29.2 Å². The molecule has 1 atom stereocenters. The van der Waals surface area contributed by atoms with Crippen LogP contribution in [-0.2, 0) is 4.79 Å². The number of thiazole rings is 1. The third kappa shape index (κ3) is 4.56. The summed E-state index contributed by atoms with van der Waals surface area (Å²) in [6.45, 7) is 5.64. The Kier molecular flexibility index (Phi) is 6.33. The monoisotopic (exact) mass is 471 g/mol. The summed E-state index contributed by atoms with van der Waals surface area (Å²) in [5.41, 5.74) is 2.92. The number of aromatic nitrogens is 4. The van der Waals surface area contributed by atoms with Crippen LogP contribution in [0.5, 0.6) is 0 Å². The molecule has 32 heavy (non-hydrogen) atoms. The Hall–Kier alpha value is -3.11.